The minimum absolute atomic E-state index is 0.0363. The van der Waals surface area contributed by atoms with Crippen molar-refractivity contribution < 1.29 is 9.72 Å². The highest BCUT2D eigenvalue weighted by atomic mass is 16.6. The van der Waals surface area contributed by atoms with Crippen LogP contribution in [0.15, 0.2) is 36.4 Å². The van der Waals surface area contributed by atoms with Crippen molar-refractivity contribution in [2.75, 3.05) is 24.3 Å². The molecule has 6 nitrogen and oxygen atoms in total. The maximum atomic E-state index is 12.3. The Balaban J connectivity index is 2.21. The van der Waals surface area contributed by atoms with E-state index in [9.17, 15) is 14.9 Å². The van der Waals surface area contributed by atoms with Crippen LogP contribution in [-0.4, -0.2) is 24.9 Å². The molecule has 23 heavy (non-hydrogen) atoms. The van der Waals surface area contributed by atoms with Crippen molar-refractivity contribution in [1.29, 1.82) is 0 Å². The normalized spacial score (nSPS) is 10.3. The quantitative estimate of drug-likeness (QED) is 0.692. The monoisotopic (exact) mass is 313 g/mol. The van der Waals surface area contributed by atoms with Crippen molar-refractivity contribution in [3.63, 3.8) is 0 Å². The van der Waals surface area contributed by atoms with E-state index < -0.39 is 4.92 Å². The zero-order valence-electron chi connectivity index (χ0n) is 13.6. The number of nitro groups is 1. The van der Waals surface area contributed by atoms with Crippen LogP contribution in [0.25, 0.3) is 0 Å². The van der Waals surface area contributed by atoms with E-state index in [1.54, 1.807) is 19.1 Å². The molecular formula is C17H19N3O3. The number of amides is 1. The third-order valence-corrected chi connectivity index (χ3v) is 3.59. The molecule has 2 rings (SSSR count). The first-order valence-corrected chi connectivity index (χ1v) is 7.14. The molecule has 0 bridgehead atoms. The fourth-order valence-corrected chi connectivity index (χ4v) is 2.44. The molecule has 0 spiro atoms. The second-order valence-electron chi connectivity index (χ2n) is 5.61. The summed E-state index contributed by atoms with van der Waals surface area (Å²) in [6.07, 6.45) is 0. The van der Waals surface area contributed by atoms with Gasteiger partial charge in [-0.2, -0.15) is 0 Å². The molecule has 0 saturated carbocycles. The summed E-state index contributed by atoms with van der Waals surface area (Å²) in [6.45, 7) is 3.59. The molecule has 6 heteroatoms. The number of nitrogens with zero attached hydrogens (tertiary/aromatic N) is 2. The van der Waals surface area contributed by atoms with Gasteiger partial charge < -0.3 is 10.2 Å². The fraction of sp³-hybridized carbons (Fsp3) is 0.235. The number of aryl methyl sites for hydroxylation is 2. The van der Waals surface area contributed by atoms with Crippen molar-refractivity contribution in [2.24, 2.45) is 0 Å². The first kappa shape index (κ1) is 16.5. The molecule has 0 unspecified atom stereocenters. The van der Waals surface area contributed by atoms with Gasteiger partial charge >= 0.3 is 0 Å². The molecule has 0 aliphatic heterocycles. The highest BCUT2D eigenvalue weighted by Gasteiger charge is 2.13. The second-order valence-corrected chi connectivity index (χ2v) is 5.61. The number of hydrogen-bond donors (Lipinski definition) is 1. The number of nitrogens with one attached hydrogen (secondary N) is 1. The smallest absolute Gasteiger partial charge is 0.272 e. The van der Waals surface area contributed by atoms with E-state index in [4.69, 9.17) is 0 Å². The van der Waals surface area contributed by atoms with Crippen molar-refractivity contribution in [3.8, 4) is 0 Å². The number of rotatable bonds is 4. The van der Waals surface area contributed by atoms with Gasteiger partial charge in [-0.15, -0.1) is 0 Å². The topological polar surface area (TPSA) is 75.5 Å². The third kappa shape index (κ3) is 3.66. The van der Waals surface area contributed by atoms with Crippen molar-refractivity contribution in [3.05, 3.63) is 63.2 Å². The van der Waals surface area contributed by atoms with Crippen LogP contribution < -0.4 is 10.2 Å². The molecule has 0 radical (unpaired) electrons. The van der Waals surface area contributed by atoms with Gasteiger partial charge in [-0.1, -0.05) is 0 Å². The molecule has 0 aromatic heterocycles. The Labute approximate surface area is 134 Å². The summed E-state index contributed by atoms with van der Waals surface area (Å²) in [4.78, 5) is 24.7. The summed E-state index contributed by atoms with van der Waals surface area (Å²) in [6, 6.07) is 10.00. The number of carbonyl (C=O) groups excluding carboxylic acids is 1. The lowest BCUT2D eigenvalue weighted by Gasteiger charge is -2.16. The lowest BCUT2D eigenvalue weighted by atomic mass is 10.1. The lowest BCUT2D eigenvalue weighted by Crippen LogP contribution is -2.14. The fourth-order valence-electron chi connectivity index (χ4n) is 2.44. The van der Waals surface area contributed by atoms with Gasteiger partial charge in [0.25, 0.3) is 11.6 Å². The SMILES string of the molecule is Cc1cc(C(=O)Nc2ccc([N+](=O)[O-])c(C)c2)ccc1N(C)C. The zero-order chi connectivity index (χ0) is 17.1. The standard InChI is InChI=1S/C17H19N3O3/c1-11-9-13(5-7-15(11)19(3)4)17(21)18-14-6-8-16(20(22)23)12(2)10-14/h5-10H,1-4H3,(H,18,21). The molecule has 0 atom stereocenters. The van der Waals surface area contributed by atoms with E-state index in [1.807, 2.05) is 38.1 Å². The number of carbonyl (C=O) groups is 1. The number of hydrogen-bond acceptors (Lipinski definition) is 4. The summed E-state index contributed by atoms with van der Waals surface area (Å²) in [5.41, 5.74) is 3.67. The van der Waals surface area contributed by atoms with Gasteiger partial charge in [0.1, 0.15) is 0 Å². The summed E-state index contributed by atoms with van der Waals surface area (Å²) in [7, 11) is 3.89. The largest absolute Gasteiger partial charge is 0.377 e. The van der Waals surface area contributed by atoms with E-state index in [-0.39, 0.29) is 11.6 Å². The summed E-state index contributed by atoms with van der Waals surface area (Å²) >= 11 is 0. The van der Waals surface area contributed by atoms with Crippen LogP contribution in [-0.2, 0) is 0 Å². The first-order chi connectivity index (χ1) is 10.8. The average molecular weight is 313 g/mol. The molecule has 0 saturated heterocycles. The van der Waals surface area contributed by atoms with Crippen LogP contribution in [0.1, 0.15) is 21.5 Å². The van der Waals surface area contributed by atoms with Crippen molar-refractivity contribution in [2.45, 2.75) is 13.8 Å². The van der Waals surface area contributed by atoms with E-state index in [0.29, 0.717) is 16.8 Å². The summed E-state index contributed by atoms with van der Waals surface area (Å²) in [5.74, 6) is -0.244. The number of benzene rings is 2. The predicted octanol–water partition coefficient (Wildman–Crippen LogP) is 3.53. The van der Waals surface area contributed by atoms with E-state index in [0.717, 1.165) is 11.3 Å². The minimum atomic E-state index is -0.440. The summed E-state index contributed by atoms with van der Waals surface area (Å²) in [5, 5.41) is 13.6. The van der Waals surface area contributed by atoms with Gasteiger partial charge in [0, 0.05) is 42.7 Å². The van der Waals surface area contributed by atoms with E-state index >= 15 is 0 Å². The molecule has 2 aromatic rings. The zero-order valence-corrected chi connectivity index (χ0v) is 13.6. The Morgan fingerprint density at radius 1 is 1.09 bits per heavy atom. The van der Waals surface area contributed by atoms with Gasteiger partial charge in [-0.3, -0.25) is 14.9 Å². The maximum absolute atomic E-state index is 12.3. The van der Waals surface area contributed by atoms with Gasteiger partial charge in [0.15, 0.2) is 0 Å². The molecule has 0 aliphatic rings. The van der Waals surface area contributed by atoms with Gasteiger partial charge in [0.2, 0.25) is 0 Å². The van der Waals surface area contributed by atoms with Crippen molar-refractivity contribution in [1.82, 2.24) is 0 Å². The lowest BCUT2D eigenvalue weighted by molar-refractivity contribution is -0.385. The van der Waals surface area contributed by atoms with Crippen LogP contribution in [0.2, 0.25) is 0 Å². The van der Waals surface area contributed by atoms with Crippen LogP contribution in [0.4, 0.5) is 17.1 Å². The Bertz CT molecular complexity index is 770. The van der Waals surface area contributed by atoms with Crippen LogP contribution in [0.5, 0.6) is 0 Å². The molecule has 1 N–H and O–H groups in total. The molecule has 2 aromatic carbocycles. The number of nitro benzene ring substituents is 1. The second kappa shape index (κ2) is 6.48. The average Bonchev–Trinajstić information content (AvgIpc) is 2.46. The first-order valence-electron chi connectivity index (χ1n) is 7.14. The van der Waals surface area contributed by atoms with E-state index in [2.05, 4.69) is 5.32 Å². The highest BCUT2D eigenvalue weighted by molar-refractivity contribution is 6.04. The molecule has 0 aliphatic carbocycles. The van der Waals surface area contributed by atoms with Crippen LogP contribution in [0.3, 0.4) is 0 Å². The van der Waals surface area contributed by atoms with Gasteiger partial charge in [-0.05, 0) is 49.7 Å². The van der Waals surface area contributed by atoms with Gasteiger partial charge in [0.05, 0.1) is 4.92 Å². The Morgan fingerprint density at radius 3 is 2.30 bits per heavy atom. The van der Waals surface area contributed by atoms with E-state index in [1.165, 1.54) is 12.1 Å². The minimum Gasteiger partial charge on any atom is -0.377 e. The molecule has 120 valence electrons. The Kier molecular flexibility index (Phi) is 4.64. The maximum Gasteiger partial charge on any atom is 0.272 e. The molecular weight excluding hydrogens is 294 g/mol. The van der Waals surface area contributed by atoms with Crippen LogP contribution >= 0.6 is 0 Å². The predicted molar refractivity (Wildman–Crippen MR) is 91.3 cm³/mol. The van der Waals surface area contributed by atoms with Crippen LogP contribution in [0, 0.1) is 24.0 Å². The number of anilines is 2. The Hall–Kier alpha value is -2.89. The third-order valence-electron chi connectivity index (χ3n) is 3.59. The molecule has 1 amide bonds. The van der Waals surface area contributed by atoms with Gasteiger partial charge in [-0.25, -0.2) is 0 Å². The summed E-state index contributed by atoms with van der Waals surface area (Å²) < 4.78 is 0. The molecule has 0 heterocycles. The molecule has 0 fully saturated rings. The highest BCUT2D eigenvalue weighted by Crippen LogP contribution is 2.23. The Morgan fingerprint density at radius 2 is 1.78 bits per heavy atom. The van der Waals surface area contributed by atoms with Crippen molar-refractivity contribution >= 4 is 23.0 Å².